The molecule has 2 heterocycles. The number of aryl methyl sites for hydroxylation is 1. The van der Waals surface area contributed by atoms with Crippen molar-refractivity contribution in [1.82, 2.24) is 4.40 Å². The highest BCUT2D eigenvalue weighted by atomic mass is 19.4. The van der Waals surface area contributed by atoms with Gasteiger partial charge in [-0.05, 0) is 23.8 Å². The maximum atomic E-state index is 13.1. The molecule has 0 bridgehead atoms. The van der Waals surface area contributed by atoms with E-state index < -0.39 is 17.3 Å². The van der Waals surface area contributed by atoms with Crippen molar-refractivity contribution in [3.05, 3.63) is 70.8 Å². The average molecular weight is 401 g/mol. The van der Waals surface area contributed by atoms with E-state index in [2.05, 4.69) is 5.16 Å². The number of nitrogens with zero attached hydrogens (tertiary/aromatic N) is 4. The molecular formula is C20H16F3N4O2+. The van der Waals surface area contributed by atoms with Gasteiger partial charge in [0.25, 0.3) is 5.65 Å². The lowest BCUT2D eigenvalue weighted by atomic mass is 10.1. The smallest absolute Gasteiger partial charge is 0.381 e. The predicted octanol–water partition coefficient (Wildman–Crippen LogP) is 3.19. The monoisotopic (exact) mass is 401 g/mol. The molecule has 0 N–H and O–H groups in total. The van der Waals surface area contributed by atoms with E-state index in [0.29, 0.717) is 18.6 Å². The molecule has 6 nitrogen and oxygen atoms in total. The highest BCUT2D eigenvalue weighted by molar-refractivity contribution is 5.63. The van der Waals surface area contributed by atoms with Gasteiger partial charge in [0.1, 0.15) is 17.8 Å². The summed E-state index contributed by atoms with van der Waals surface area (Å²) in [7, 11) is 0. The fourth-order valence-corrected chi connectivity index (χ4v) is 2.86. The van der Waals surface area contributed by atoms with Crippen molar-refractivity contribution in [2.24, 2.45) is 5.16 Å². The fourth-order valence-electron chi connectivity index (χ4n) is 2.86. The molecule has 0 saturated carbocycles. The maximum Gasteiger partial charge on any atom is 0.416 e. The Hall–Kier alpha value is -3.67. The van der Waals surface area contributed by atoms with Crippen LogP contribution in [0.15, 0.2) is 64.8 Å². The Bertz CT molecular complexity index is 1150. The standard InChI is InChI=1S/C20H16F3N4O2/c21-20(22,23)16-6-3-5-15(13-16)17-14-26(10-4-9-25-29-12-8-24)18-7-1-2-11-27(18)19(17)28/h1-3,5-7,9,11,13-14H,4,10,12H2/q+1. The normalized spacial score (nSPS) is 11.7. The van der Waals surface area contributed by atoms with E-state index in [-0.39, 0.29) is 17.7 Å². The Balaban J connectivity index is 2.03. The SMILES string of the molecule is N#CCON=CCC[n+]1cc(-c2cccc(C(F)(F)F)c2)c(=O)n2ccccc21. The minimum Gasteiger partial charge on any atom is -0.381 e. The molecule has 0 aliphatic carbocycles. The summed E-state index contributed by atoms with van der Waals surface area (Å²) in [5, 5.41) is 12.0. The third-order valence-corrected chi connectivity index (χ3v) is 4.14. The van der Waals surface area contributed by atoms with Crippen LogP contribution in [0.2, 0.25) is 0 Å². The van der Waals surface area contributed by atoms with Gasteiger partial charge in [0.15, 0.2) is 0 Å². The van der Waals surface area contributed by atoms with Gasteiger partial charge in [0.05, 0.1) is 18.3 Å². The van der Waals surface area contributed by atoms with Gasteiger partial charge in [-0.25, -0.2) is 9.36 Å². The van der Waals surface area contributed by atoms with Crippen LogP contribution in [0.1, 0.15) is 12.0 Å². The molecule has 3 aromatic rings. The molecule has 0 aliphatic heterocycles. The number of hydrogen-bond acceptors (Lipinski definition) is 4. The van der Waals surface area contributed by atoms with Crippen molar-refractivity contribution in [1.29, 1.82) is 5.26 Å². The predicted molar refractivity (Wildman–Crippen MR) is 99.0 cm³/mol. The Morgan fingerprint density at radius 2 is 2.07 bits per heavy atom. The van der Waals surface area contributed by atoms with E-state index in [9.17, 15) is 18.0 Å². The van der Waals surface area contributed by atoms with Crippen molar-refractivity contribution in [3.8, 4) is 17.2 Å². The minimum atomic E-state index is -4.50. The van der Waals surface area contributed by atoms with E-state index in [1.54, 1.807) is 35.0 Å². The van der Waals surface area contributed by atoms with Crippen LogP contribution in [0.5, 0.6) is 0 Å². The summed E-state index contributed by atoms with van der Waals surface area (Å²) in [5.74, 6) is 0. The first-order valence-corrected chi connectivity index (χ1v) is 8.64. The maximum absolute atomic E-state index is 13.1. The zero-order chi connectivity index (χ0) is 20.9. The molecule has 0 unspecified atom stereocenters. The molecule has 1 aromatic carbocycles. The second-order valence-electron chi connectivity index (χ2n) is 6.06. The number of oxime groups is 1. The lowest BCUT2D eigenvalue weighted by Gasteiger charge is -2.09. The molecule has 2 aromatic heterocycles. The highest BCUT2D eigenvalue weighted by Crippen LogP contribution is 2.31. The van der Waals surface area contributed by atoms with Crippen molar-refractivity contribution in [2.45, 2.75) is 19.1 Å². The quantitative estimate of drug-likeness (QED) is 0.276. The van der Waals surface area contributed by atoms with E-state index in [0.717, 1.165) is 12.1 Å². The second kappa shape index (κ2) is 8.56. The zero-order valence-electron chi connectivity index (χ0n) is 15.1. The van der Waals surface area contributed by atoms with Crippen LogP contribution in [0.4, 0.5) is 13.2 Å². The molecule has 0 fully saturated rings. The van der Waals surface area contributed by atoms with Gasteiger partial charge in [-0.2, -0.15) is 22.8 Å². The number of halogens is 3. The van der Waals surface area contributed by atoms with Gasteiger partial charge in [0.2, 0.25) is 6.61 Å². The molecule has 3 rings (SSSR count). The largest absolute Gasteiger partial charge is 0.416 e. The number of fused-ring (bicyclic) bond motifs is 1. The molecule has 0 spiro atoms. The van der Waals surface area contributed by atoms with Crippen LogP contribution in [-0.4, -0.2) is 17.2 Å². The van der Waals surface area contributed by atoms with E-state index >= 15 is 0 Å². The third-order valence-electron chi connectivity index (χ3n) is 4.14. The molecule has 0 aliphatic rings. The second-order valence-corrected chi connectivity index (χ2v) is 6.06. The van der Waals surface area contributed by atoms with Crippen molar-refractivity contribution >= 4 is 11.9 Å². The number of benzene rings is 1. The number of hydrogen-bond donors (Lipinski definition) is 0. The molecule has 148 valence electrons. The first kappa shape index (κ1) is 20.1. The number of pyridine rings is 1. The molecule has 9 heteroatoms. The van der Waals surface area contributed by atoms with Gasteiger partial charge in [-0.15, -0.1) is 0 Å². The van der Waals surface area contributed by atoms with E-state index in [1.807, 2.05) is 0 Å². The number of alkyl halides is 3. The van der Waals surface area contributed by atoms with E-state index in [4.69, 9.17) is 10.1 Å². The molecule has 0 radical (unpaired) electrons. The molecule has 0 amide bonds. The summed E-state index contributed by atoms with van der Waals surface area (Å²) >= 11 is 0. The lowest BCUT2D eigenvalue weighted by molar-refractivity contribution is -0.672. The molecule has 29 heavy (non-hydrogen) atoms. The summed E-state index contributed by atoms with van der Waals surface area (Å²) in [5.41, 5.74) is -0.317. The molecule has 0 atom stereocenters. The summed E-state index contributed by atoms with van der Waals surface area (Å²) < 4.78 is 42.4. The third kappa shape index (κ3) is 4.60. The van der Waals surface area contributed by atoms with Crippen LogP contribution in [0, 0.1) is 11.3 Å². The minimum absolute atomic E-state index is 0.150. The van der Waals surface area contributed by atoms with Gasteiger partial charge in [-0.3, -0.25) is 0 Å². The van der Waals surface area contributed by atoms with Gasteiger partial charge >= 0.3 is 11.7 Å². The fraction of sp³-hybridized carbons (Fsp3) is 0.200. The summed E-state index contributed by atoms with van der Waals surface area (Å²) in [6.07, 6.45) is 0.519. The van der Waals surface area contributed by atoms with Gasteiger partial charge in [0, 0.05) is 18.7 Å². The Labute approximate surface area is 163 Å². The van der Waals surface area contributed by atoms with Gasteiger partial charge < -0.3 is 4.84 Å². The number of aromatic nitrogens is 2. The highest BCUT2D eigenvalue weighted by Gasteiger charge is 2.31. The van der Waals surface area contributed by atoms with Crippen molar-refractivity contribution in [2.75, 3.05) is 6.61 Å². The summed E-state index contributed by atoms with van der Waals surface area (Å²) in [6.45, 7) is 0.242. The van der Waals surface area contributed by atoms with Crippen LogP contribution >= 0.6 is 0 Å². The number of rotatable bonds is 6. The lowest BCUT2D eigenvalue weighted by Crippen LogP contribution is -2.40. The van der Waals surface area contributed by atoms with Crippen molar-refractivity contribution in [3.63, 3.8) is 0 Å². The van der Waals surface area contributed by atoms with Crippen LogP contribution < -0.4 is 10.1 Å². The molecular weight excluding hydrogens is 385 g/mol. The Morgan fingerprint density at radius 3 is 2.83 bits per heavy atom. The first-order valence-electron chi connectivity index (χ1n) is 8.64. The molecule has 0 saturated heterocycles. The number of nitriles is 1. The van der Waals surface area contributed by atoms with Gasteiger partial charge in [-0.1, -0.05) is 23.4 Å². The summed E-state index contributed by atoms with van der Waals surface area (Å²) in [6, 6.07) is 11.6. The first-order chi connectivity index (χ1) is 13.9. The topological polar surface area (TPSA) is 70.7 Å². The van der Waals surface area contributed by atoms with E-state index in [1.165, 1.54) is 28.9 Å². The van der Waals surface area contributed by atoms with Crippen LogP contribution in [0.3, 0.4) is 0 Å². The Morgan fingerprint density at radius 1 is 1.24 bits per heavy atom. The Kier molecular flexibility index (Phi) is 5.93. The van der Waals surface area contributed by atoms with Crippen LogP contribution in [-0.2, 0) is 17.6 Å². The zero-order valence-corrected chi connectivity index (χ0v) is 15.1. The summed E-state index contributed by atoms with van der Waals surface area (Å²) in [4.78, 5) is 17.6. The average Bonchev–Trinajstić information content (AvgIpc) is 2.71. The van der Waals surface area contributed by atoms with Crippen molar-refractivity contribution < 1.29 is 22.6 Å². The van der Waals surface area contributed by atoms with Crippen LogP contribution in [0.25, 0.3) is 16.8 Å².